The van der Waals surface area contributed by atoms with Gasteiger partial charge in [0.15, 0.2) is 5.78 Å². The lowest BCUT2D eigenvalue weighted by Gasteiger charge is -2.10. The average Bonchev–Trinajstić information content (AvgIpc) is 3.09. The van der Waals surface area contributed by atoms with Crippen LogP contribution in [0.4, 0.5) is 0 Å². The fourth-order valence-corrected chi connectivity index (χ4v) is 7.43. The van der Waals surface area contributed by atoms with Gasteiger partial charge in [0.1, 0.15) is 23.0 Å². The molecule has 0 aliphatic carbocycles. The van der Waals surface area contributed by atoms with Crippen molar-refractivity contribution in [3.63, 3.8) is 0 Å². The number of ether oxygens (including phenoxy) is 2. The van der Waals surface area contributed by atoms with E-state index in [0.717, 1.165) is 0 Å². The number of rotatable bonds is 10. The van der Waals surface area contributed by atoms with Crippen molar-refractivity contribution < 1.29 is 31.1 Å². The van der Waals surface area contributed by atoms with Crippen LogP contribution in [-0.2, 0) is 19.7 Å². The lowest BCUT2D eigenvalue weighted by Crippen LogP contribution is -2.02. The van der Waals surface area contributed by atoms with Crippen LogP contribution < -0.4 is 9.47 Å². The smallest absolute Gasteiger partial charge is 0.206 e. The maximum Gasteiger partial charge on any atom is 0.206 e. The van der Waals surface area contributed by atoms with Gasteiger partial charge in [-0.2, -0.15) is 0 Å². The molecule has 6 rings (SSSR count). The van der Waals surface area contributed by atoms with Gasteiger partial charge in [0.2, 0.25) is 19.7 Å². The Morgan fingerprint density at radius 3 is 0.875 bits per heavy atom. The molecule has 0 saturated heterocycles. The summed E-state index contributed by atoms with van der Waals surface area (Å²) >= 11 is 11.7. The fraction of sp³-hybridized carbons (Fsp3) is 0. The number of benzene rings is 6. The van der Waals surface area contributed by atoms with E-state index in [2.05, 4.69) is 0 Å². The molecule has 0 unspecified atom stereocenters. The molecule has 0 atom stereocenters. The van der Waals surface area contributed by atoms with E-state index < -0.39 is 19.7 Å². The molecule has 0 heterocycles. The Hall–Kier alpha value is -4.93. The van der Waals surface area contributed by atoms with Crippen molar-refractivity contribution in [2.75, 3.05) is 0 Å². The molecule has 6 aromatic rings. The summed E-state index contributed by atoms with van der Waals surface area (Å²) in [5.74, 6) is 1.59. The number of sulfone groups is 2. The molecular formula is C37H24Cl2O7S2. The predicted molar refractivity (Wildman–Crippen MR) is 183 cm³/mol. The molecule has 0 spiro atoms. The van der Waals surface area contributed by atoms with Gasteiger partial charge in [-0.25, -0.2) is 16.8 Å². The molecule has 48 heavy (non-hydrogen) atoms. The van der Waals surface area contributed by atoms with Crippen LogP contribution in [0.5, 0.6) is 23.0 Å². The van der Waals surface area contributed by atoms with Crippen LogP contribution in [0, 0.1) is 0 Å². The van der Waals surface area contributed by atoms with Crippen LogP contribution in [-0.4, -0.2) is 22.6 Å². The molecule has 6 aromatic carbocycles. The van der Waals surface area contributed by atoms with Crippen molar-refractivity contribution in [1.82, 2.24) is 0 Å². The molecule has 0 aromatic heterocycles. The highest BCUT2D eigenvalue weighted by Crippen LogP contribution is 2.29. The Morgan fingerprint density at radius 2 is 0.604 bits per heavy atom. The van der Waals surface area contributed by atoms with Crippen molar-refractivity contribution in [1.29, 1.82) is 0 Å². The number of hydrogen-bond acceptors (Lipinski definition) is 7. The zero-order valence-corrected chi connectivity index (χ0v) is 27.9. The largest absolute Gasteiger partial charge is 0.457 e. The molecule has 0 fully saturated rings. The van der Waals surface area contributed by atoms with Crippen molar-refractivity contribution in [2.24, 2.45) is 0 Å². The quantitative estimate of drug-likeness (QED) is 0.130. The van der Waals surface area contributed by atoms with Crippen LogP contribution in [0.25, 0.3) is 0 Å². The summed E-state index contributed by atoms with van der Waals surface area (Å²) < 4.78 is 63.2. The van der Waals surface area contributed by atoms with Crippen molar-refractivity contribution >= 4 is 48.7 Å². The van der Waals surface area contributed by atoms with Crippen LogP contribution in [0.15, 0.2) is 165 Å². The average molecular weight is 716 g/mol. The van der Waals surface area contributed by atoms with Gasteiger partial charge in [0, 0.05) is 21.2 Å². The van der Waals surface area contributed by atoms with Crippen LogP contribution in [0.1, 0.15) is 15.9 Å². The molecule has 240 valence electrons. The summed E-state index contributed by atoms with van der Waals surface area (Å²) in [7, 11) is -7.41. The van der Waals surface area contributed by atoms with E-state index in [1.165, 1.54) is 72.8 Å². The van der Waals surface area contributed by atoms with Gasteiger partial charge < -0.3 is 9.47 Å². The molecule has 0 radical (unpaired) electrons. The summed E-state index contributed by atoms with van der Waals surface area (Å²) in [4.78, 5) is 13.6. The Bertz CT molecular complexity index is 2120. The lowest BCUT2D eigenvalue weighted by molar-refractivity contribution is 0.103. The molecule has 0 aliphatic rings. The summed E-state index contributed by atoms with van der Waals surface area (Å²) in [6.07, 6.45) is 0. The zero-order chi connectivity index (χ0) is 33.9. The van der Waals surface area contributed by atoms with Crippen molar-refractivity contribution in [3.8, 4) is 23.0 Å². The first kappa shape index (κ1) is 33.0. The van der Waals surface area contributed by atoms with Gasteiger partial charge in [-0.1, -0.05) is 23.2 Å². The van der Waals surface area contributed by atoms with Gasteiger partial charge in [-0.3, -0.25) is 4.79 Å². The Balaban J connectivity index is 1.06. The number of carbonyl (C=O) groups is 1. The third-order valence-corrected chi connectivity index (χ3v) is 11.3. The first-order valence-electron chi connectivity index (χ1n) is 14.3. The minimum atomic E-state index is -3.70. The highest BCUT2D eigenvalue weighted by molar-refractivity contribution is 7.91. The lowest BCUT2D eigenvalue weighted by atomic mass is 10.0. The minimum Gasteiger partial charge on any atom is -0.457 e. The second-order valence-corrected chi connectivity index (χ2v) is 15.2. The van der Waals surface area contributed by atoms with Crippen molar-refractivity contribution in [2.45, 2.75) is 19.6 Å². The van der Waals surface area contributed by atoms with Gasteiger partial charge in [0.05, 0.1) is 19.6 Å². The Kier molecular flexibility index (Phi) is 9.39. The van der Waals surface area contributed by atoms with Crippen LogP contribution in [0.3, 0.4) is 0 Å². The predicted octanol–water partition coefficient (Wildman–Crippen LogP) is 9.47. The normalized spacial score (nSPS) is 11.5. The summed E-state index contributed by atoms with van der Waals surface area (Å²) in [6, 6.07) is 37.2. The van der Waals surface area contributed by atoms with Crippen LogP contribution in [0.2, 0.25) is 10.0 Å². The number of halogens is 2. The number of carbonyl (C=O) groups excluding carboxylic acids is 1. The Morgan fingerprint density at radius 1 is 0.375 bits per heavy atom. The molecule has 7 nitrogen and oxygen atoms in total. The zero-order valence-electron chi connectivity index (χ0n) is 24.8. The number of ketones is 1. The standard InChI is InChI=1S/C37H24Cl2O7S2/c38-27-5-17-33(18-6-27)47(41,42)35-21-13-31(14-22-35)45-29-9-1-25(2-10-29)37(40)26-3-11-30(12-4-26)46-32-15-23-36(24-16-32)48(43,44)34-19-7-28(39)8-20-34/h1-24H. The van der Waals surface area contributed by atoms with Gasteiger partial charge in [0.25, 0.3) is 0 Å². The monoisotopic (exact) mass is 714 g/mol. The highest BCUT2D eigenvalue weighted by Gasteiger charge is 2.19. The van der Waals surface area contributed by atoms with Gasteiger partial charge >= 0.3 is 0 Å². The second-order valence-electron chi connectivity index (χ2n) is 10.4. The molecule has 0 bridgehead atoms. The van der Waals surface area contributed by atoms with Crippen molar-refractivity contribution in [3.05, 3.63) is 167 Å². The van der Waals surface area contributed by atoms with E-state index in [1.54, 1.807) is 72.8 Å². The number of hydrogen-bond donors (Lipinski definition) is 0. The minimum absolute atomic E-state index is 0.119. The first-order valence-corrected chi connectivity index (χ1v) is 18.0. The third-order valence-electron chi connectivity index (χ3n) is 7.22. The highest BCUT2D eigenvalue weighted by atomic mass is 35.5. The van der Waals surface area contributed by atoms with Gasteiger partial charge in [-0.05, 0) is 146 Å². The molecule has 11 heteroatoms. The topological polar surface area (TPSA) is 104 Å². The summed E-state index contributed by atoms with van der Waals surface area (Å²) in [5.41, 5.74) is 0.885. The van der Waals surface area contributed by atoms with E-state index in [-0.39, 0.29) is 25.4 Å². The van der Waals surface area contributed by atoms with Gasteiger partial charge in [-0.15, -0.1) is 0 Å². The summed E-state index contributed by atoms with van der Waals surface area (Å²) in [6.45, 7) is 0. The maximum absolute atomic E-state index is 13.1. The Labute approximate surface area is 287 Å². The fourth-order valence-electron chi connectivity index (χ4n) is 4.66. The van der Waals surface area contributed by atoms with E-state index >= 15 is 0 Å². The summed E-state index contributed by atoms with van der Waals surface area (Å²) in [5, 5.41) is 0.892. The molecular weight excluding hydrogens is 691 g/mol. The molecule has 0 aliphatic heterocycles. The first-order chi connectivity index (χ1) is 23.0. The molecule has 0 saturated carbocycles. The molecule has 0 amide bonds. The molecule has 0 N–H and O–H groups in total. The van der Waals surface area contributed by atoms with E-state index in [4.69, 9.17) is 32.7 Å². The van der Waals surface area contributed by atoms with E-state index in [0.29, 0.717) is 44.2 Å². The second kappa shape index (κ2) is 13.7. The van der Waals surface area contributed by atoms with E-state index in [9.17, 15) is 21.6 Å². The van der Waals surface area contributed by atoms with Crippen LogP contribution >= 0.6 is 23.2 Å². The van der Waals surface area contributed by atoms with E-state index in [1.807, 2.05) is 0 Å². The third kappa shape index (κ3) is 7.30. The SMILES string of the molecule is O=C(c1ccc(Oc2ccc(S(=O)(=O)c3ccc(Cl)cc3)cc2)cc1)c1ccc(Oc2ccc(S(=O)(=O)c3ccc(Cl)cc3)cc2)cc1. The maximum atomic E-state index is 13.1.